The highest BCUT2D eigenvalue weighted by atomic mass is 16.7. The van der Waals surface area contributed by atoms with Gasteiger partial charge in [0.1, 0.15) is 5.75 Å². The van der Waals surface area contributed by atoms with Gasteiger partial charge in [0.25, 0.3) is 0 Å². The molecule has 0 aromatic heterocycles. The van der Waals surface area contributed by atoms with Crippen LogP contribution < -0.4 is 14.2 Å². The third-order valence-electron chi connectivity index (χ3n) is 3.23. The Morgan fingerprint density at radius 3 is 2.18 bits per heavy atom. The molecule has 0 N–H and O–H groups in total. The lowest BCUT2D eigenvalue weighted by Gasteiger charge is -2.20. The summed E-state index contributed by atoms with van der Waals surface area (Å²) in [4.78, 5) is 12.1. The molecular formula is C16H24O6. The Bertz CT molecular complexity index is 484. The minimum atomic E-state index is -0.543. The van der Waals surface area contributed by atoms with Gasteiger partial charge in [0.15, 0.2) is 25.1 Å². The molecule has 0 aliphatic rings. The number of carbonyl (C=O) groups excluding carboxylic acids is 1. The molecule has 0 fully saturated rings. The van der Waals surface area contributed by atoms with Gasteiger partial charge in [-0.2, -0.15) is 0 Å². The molecule has 124 valence electrons. The van der Waals surface area contributed by atoms with E-state index in [1.54, 1.807) is 18.2 Å². The zero-order valence-electron chi connectivity index (χ0n) is 13.8. The highest BCUT2D eigenvalue weighted by Gasteiger charge is 2.27. The maximum atomic E-state index is 12.1. The zero-order chi connectivity index (χ0) is 16.6. The van der Waals surface area contributed by atoms with Crippen LogP contribution in [0.3, 0.4) is 0 Å². The molecule has 0 spiro atoms. The van der Waals surface area contributed by atoms with E-state index in [4.69, 9.17) is 23.7 Å². The van der Waals surface area contributed by atoms with Gasteiger partial charge in [0, 0.05) is 20.3 Å². The normalized spacial score (nSPS) is 11.1. The third-order valence-corrected chi connectivity index (χ3v) is 3.23. The topological polar surface area (TPSA) is 63.2 Å². The Balaban J connectivity index is 2.90. The van der Waals surface area contributed by atoms with E-state index in [0.717, 1.165) is 0 Å². The summed E-state index contributed by atoms with van der Waals surface area (Å²) in [5.41, 5.74) is -0.543. The molecule has 1 rings (SSSR count). The smallest absolute Gasteiger partial charge is 0.316 e. The molecule has 0 aliphatic carbocycles. The van der Waals surface area contributed by atoms with Crippen molar-refractivity contribution in [3.05, 3.63) is 18.2 Å². The molecule has 0 amide bonds. The summed E-state index contributed by atoms with van der Waals surface area (Å²) in [6.07, 6.45) is 0.688. The molecular weight excluding hydrogens is 288 g/mol. The second kappa shape index (κ2) is 8.60. The molecule has 0 unspecified atom stereocenters. The van der Waals surface area contributed by atoms with Gasteiger partial charge in [0.2, 0.25) is 0 Å². The predicted octanol–water partition coefficient (Wildman–Crippen LogP) is 2.99. The molecule has 0 radical (unpaired) electrons. The van der Waals surface area contributed by atoms with Crippen molar-refractivity contribution in [2.45, 2.75) is 27.2 Å². The van der Waals surface area contributed by atoms with Crippen LogP contribution in [-0.4, -0.2) is 33.8 Å². The lowest BCUT2D eigenvalue weighted by atomic mass is 9.91. The highest BCUT2D eigenvalue weighted by Crippen LogP contribution is 2.33. The average Bonchev–Trinajstić information content (AvgIpc) is 2.51. The fourth-order valence-corrected chi connectivity index (χ4v) is 1.42. The number of hydrogen-bond donors (Lipinski definition) is 0. The van der Waals surface area contributed by atoms with Crippen LogP contribution in [0.1, 0.15) is 27.2 Å². The number of rotatable bonds is 9. The van der Waals surface area contributed by atoms with Crippen molar-refractivity contribution >= 4 is 5.97 Å². The van der Waals surface area contributed by atoms with Crippen molar-refractivity contribution < 1.29 is 28.5 Å². The molecule has 1 aromatic rings. The second-order valence-corrected chi connectivity index (χ2v) is 5.34. The number of benzene rings is 1. The molecule has 0 aliphatic heterocycles. The van der Waals surface area contributed by atoms with E-state index in [9.17, 15) is 4.79 Å². The van der Waals surface area contributed by atoms with Crippen molar-refractivity contribution in [3.63, 3.8) is 0 Å². The van der Waals surface area contributed by atoms with E-state index in [0.29, 0.717) is 23.7 Å². The van der Waals surface area contributed by atoms with Crippen molar-refractivity contribution in [2.75, 3.05) is 27.8 Å². The van der Waals surface area contributed by atoms with Crippen molar-refractivity contribution in [1.82, 2.24) is 0 Å². The lowest BCUT2D eigenvalue weighted by molar-refractivity contribution is -0.144. The van der Waals surface area contributed by atoms with Crippen LogP contribution in [-0.2, 0) is 14.3 Å². The van der Waals surface area contributed by atoms with Gasteiger partial charge in [-0.15, -0.1) is 0 Å². The van der Waals surface area contributed by atoms with E-state index < -0.39 is 5.41 Å². The summed E-state index contributed by atoms with van der Waals surface area (Å²) in [5, 5.41) is 0. The zero-order valence-corrected chi connectivity index (χ0v) is 13.8. The fourth-order valence-electron chi connectivity index (χ4n) is 1.42. The first-order chi connectivity index (χ1) is 10.4. The van der Waals surface area contributed by atoms with Gasteiger partial charge in [-0.1, -0.05) is 6.92 Å². The lowest BCUT2D eigenvalue weighted by Crippen LogP contribution is -2.28. The Labute approximate surface area is 131 Å². The summed E-state index contributed by atoms with van der Waals surface area (Å²) in [6, 6.07) is 4.90. The van der Waals surface area contributed by atoms with E-state index in [1.165, 1.54) is 14.2 Å². The van der Waals surface area contributed by atoms with Crippen LogP contribution in [0.5, 0.6) is 17.2 Å². The number of hydrogen-bond acceptors (Lipinski definition) is 6. The first kappa shape index (κ1) is 18.3. The molecule has 6 heteroatoms. The van der Waals surface area contributed by atoms with E-state index >= 15 is 0 Å². The highest BCUT2D eigenvalue weighted by molar-refractivity contribution is 5.78. The van der Waals surface area contributed by atoms with E-state index in [-0.39, 0.29) is 19.6 Å². The van der Waals surface area contributed by atoms with E-state index in [1.807, 2.05) is 20.8 Å². The number of methoxy groups -OCH3 is 2. The SMILES string of the molecule is CCC(C)(C)C(=O)Oc1ccc(OCOC)c(OCOC)c1. The molecule has 6 nitrogen and oxygen atoms in total. The van der Waals surface area contributed by atoms with Gasteiger partial charge in [0.05, 0.1) is 5.41 Å². The number of carbonyl (C=O) groups is 1. The fraction of sp³-hybridized carbons (Fsp3) is 0.562. The number of ether oxygens (including phenoxy) is 5. The predicted molar refractivity (Wildman–Crippen MR) is 81.2 cm³/mol. The first-order valence-electron chi connectivity index (χ1n) is 7.04. The summed E-state index contributed by atoms with van der Waals surface area (Å²) in [5.74, 6) is 0.993. The molecule has 0 saturated carbocycles. The first-order valence-corrected chi connectivity index (χ1v) is 7.04. The van der Waals surface area contributed by atoms with Crippen LogP contribution in [0.2, 0.25) is 0 Å². The second-order valence-electron chi connectivity index (χ2n) is 5.34. The van der Waals surface area contributed by atoms with Gasteiger partial charge < -0.3 is 23.7 Å². The average molecular weight is 312 g/mol. The maximum absolute atomic E-state index is 12.1. The summed E-state index contributed by atoms with van der Waals surface area (Å²) >= 11 is 0. The van der Waals surface area contributed by atoms with Crippen LogP contribution in [0.15, 0.2) is 18.2 Å². The van der Waals surface area contributed by atoms with Gasteiger partial charge in [-0.05, 0) is 32.4 Å². The Morgan fingerprint density at radius 2 is 1.64 bits per heavy atom. The molecule has 0 atom stereocenters. The Kier molecular flexibility index (Phi) is 7.14. The Morgan fingerprint density at radius 1 is 1.05 bits per heavy atom. The van der Waals surface area contributed by atoms with Crippen LogP contribution in [0.4, 0.5) is 0 Å². The Hall–Kier alpha value is -1.79. The van der Waals surface area contributed by atoms with Crippen LogP contribution >= 0.6 is 0 Å². The summed E-state index contributed by atoms with van der Waals surface area (Å²) in [7, 11) is 3.04. The van der Waals surface area contributed by atoms with Gasteiger partial charge in [-0.25, -0.2) is 0 Å². The summed E-state index contributed by atoms with van der Waals surface area (Å²) in [6.45, 7) is 5.77. The largest absolute Gasteiger partial charge is 0.464 e. The van der Waals surface area contributed by atoms with Gasteiger partial charge >= 0.3 is 5.97 Å². The number of esters is 1. The molecule has 0 bridgehead atoms. The molecule has 0 heterocycles. The molecule has 1 aromatic carbocycles. The van der Waals surface area contributed by atoms with Crippen molar-refractivity contribution in [1.29, 1.82) is 0 Å². The monoisotopic (exact) mass is 312 g/mol. The standard InChI is InChI=1S/C16H24O6/c1-6-16(2,3)15(17)22-12-7-8-13(20-10-18-4)14(9-12)21-11-19-5/h7-9H,6,10-11H2,1-5H3. The van der Waals surface area contributed by atoms with Crippen molar-refractivity contribution in [2.24, 2.45) is 5.41 Å². The molecule has 0 saturated heterocycles. The van der Waals surface area contributed by atoms with Crippen LogP contribution in [0, 0.1) is 5.41 Å². The third kappa shape index (κ3) is 5.20. The van der Waals surface area contributed by atoms with E-state index in [2.05, 4.69) is 0 Å². The minimum absolute atomic E-state index is 0.0567. The quantitative estimate of drug-likeness (QED) is 0.397. The molecule has 22 heavy (non-hydrogen) atoms. The van der Waals surface area contributed by atoms with Crippen molar-refractivity contribution in [3.8, 4) is 17.2 Å². The maximum Gasteiger partial charge on any atom is 0.316 e. The summed E-state index contributed by atoms with van der Waals surface area (Å²) < 4.78 is 26.0. The minimum Gasteiger partial charge on any atom is -0.464 e. The van der Waals surface area contributed by atoms with Gasteiger partial charge in [-0.3, -0.25) is 4.79 Å². The van der Waals surface area contributed by atoms with Crippen LogP contribution in [0.25, 0.3) is 0 Å².